The number of hydrogen-bond acceptors (Lipinski definition) is 3. The fraction of sp³-hybridized carbons (Fsp3) is 0.389. The summed E-state index contributed by atoms with van der Waals surface area (Å²) in [7, 11) is -3.75. The minimum Gasteiger partial charge on any atom is -0.340 e. The number of benzene rings is 1. The van der Waals surface area contributed by atoms with Gasteiger partial charge in [-0.05, 0) is 51.0 Å². The summed E-state index contributed by atoms with van der Waals surface area (Å²) >= 11 is 0. The van der Waals surface area contributed by atoms with Gasteiger partial charge in [0, 0.05) is 25.3 Å². The number of aromatic nitrogens is 1. The van der Waals surface area contributed by atoms with Crippen molar-refractivity contribution in [1.82, 2.24) is 9.47 Å². The predicted molar refractivity (Wildman–Crippen MR) is 97.3 cm³/mol. The van der Waals surface area contributed by atoms with Gasteiger partial charge in [-0.25, -0.2) is 8.42 Å². The lowest BCUT2D eigenvalue weighted by molar-refractivity contribution is 0.0649. The highest BCUT2D eigenvalue weighted by atomic mass is 32.2. The van der Waals surface area contributed by atoms with Crippen molar-refractivity contribution in [3.05, 3.63) is 47.3 Å². The van der Waals surface area contributed by atoms with E-state index in [2.05, 4.69) is 4.72 Å². The van der Waals surface area contributed by atoms with E-state index in [1.165, 1.54) is 6.07 Å². The van der Waals surface area contributed by atoms with Crippen molar-refractivity contribution in [1.29, 1.82) is 0 Å². The second-order valence-corrected chi connectivity index (χ2v) is 8.45. The van der Waals surface area contributed by atoms with Crippen LogP contribution in [0.15, 0.2) is 35.4 Å². The number of carbonyl (C=O) groups excluding carboxylic acids is 1. The van der Waals surface area contributed by atoms with Crippen LogP contribution in [0.1, 0.15) is 35.5 Å². The lowest BCUT2D eigenvalue weighted by Gasteiger charge is -2.31. The molecule has 1 aliphatic heterocycles. The van der Waals surface area contributed by atoms with Gasteiger partial charge < -0.3 is 9.47 Å². The van der Waals surface area contributed by atoms with Crippen LogP contribution in [0.4, 0.5) is 5.69 Å². The van der Waals surface area contributed by atoms with Gasteiger partial charge >= 0.3 is 0 Å². The van der Waals surface area contributed by atoms with Crippen LogP contribution in [0.5, 0.6) is 0 Å². The molecule has 1 N–H and O–H groups in total. The zero-order valence-corrected chi connectivity index (χ0v) is 15.7. The normalized spacial score (nSPS) is 14.8. The molecule has 25 heavy (non-hydrogen) atoms. The average Bonchev–Trinajstić information content (AvgIpc) is 2.97. The first-order valence-electron chi connectivity index (χ1n) is 8.30. The molecule has 134 valence electrons. The molecule has 0 atom stereocenters. The van der Waals surface area contributed by atoms with Gasteiger partial charge in [-0.3, -0.25) is 9.52 Å². The van der Waals surface area contributed by atoms with Gasteiger partial charge in [0.25, 0.3) is 15.9 Å². The molecule has 3 rings (SSSR count). The number of rotatable bonds is 4. The van der Waals surface area contributed by atoms with Crippen molar-refractivity contribution in [3.8, 4) is 0 Å². The molecule has 1 aromatic heterocycles. The Bertz CT molecular complexity index is 929. The molecule has 0 saturated carbocycles. The highest BCUT2D eigenvalue weighted by molar-refractivity contribution is 7.92. The third kappa shape index (κ3) is 3.28. The van der Waals surface area contributed by atoms with Gasteiger partial charge in [-0.15, -0.1) is 0 Å². The molecule has 0 radical (unpaired) electrons. The number of amides is 1. The molecule has 7 heteroatoms. The van der Waals surface area contributed by atoms with Crippen LogP contribution in [0, 0.1) is 13.8 Å². The number of nitrogens with zero attached hydrogens (tertiary/aromatic N) is 2. The van der Waals surface area contributed by atoms with Gasteiger partial charge in [0.05, 0.1) is 5.69 Å². The maximum atomic E-state index is 12.8. The van der Waals surface area contributed by atoms with Crippen LogP contribution in [0.2, 0.25) is 0 Å². The van der Waals surface area contributed by atoms with Gasteiger partial charge in [0.1, 0.15) is 10.6 Å². The standard InChI is InChI=1S/C18H23N3O3S/c1-12(2)21-8-7-20-11-15(10-17(20)18(21)22)25(23,24)19-16-9-13(3)5-6-14(16)4/h5-6,9-12,19H,7-8H2,1-4H3. The van der Waals surface area contributed by atoms with Crippen molar-refractivity contribution >= 4 is 21.6 Å². The van der Waals surface area contributed by atoms with E-state index >= 15 is 0 Å². The van der Waals surface area contributed by atoms with Crippen molar-refractivity contribution in [3.63, 3.8) is 0 Å². The minimum atomic E-state index is -3.75. The van der Waals surface area contributed by atoms with Crippen LogP contribution in [0.25, 0.3) is 0 Å². The third-order valence-electron chi connectivity index (χ3n) is 4.50. The second kappa shape index (κ2) is 6.22. The third-order valence-corrected chi connectivity index (χ3v) is 5.84. The molecule has 2 aromatic rings. The average molecular weight is 361 g/mol. The van der Waals surface area contributed by atoms with Crippen LogP contribution < -0.4 is 4.72 Å². The van der Waals surface area contributed by atoms with E-state index in [9.17, 15) is 13.2 Å². The summed E-state index contributed by atoms with van der Waals surface area (Å²) in [5.74, 6) is -0.130. The fourth-order valence-electron chi connectivity index (χ4n) is 3.00. The smallest absolute Gasteiger partial charge is 0.270 e. The van der Waals surface area contributed by atoms with Crippen molar-refractivity contribution in [2.75, 3.05) is 11.3 Å². The first-order valence-corrected chi connectivity index (χ1v) is 9.78. The SMILES string of the molecule is Cc1ccc(C)c(NS(=O)(=O)c2cc3n(c2)CCN(C(C)C)C3=O)c1. The molecule has 1 aliphatic rings. The molecule has 1 aromatic carbocycles. The van der Waals surface area contributed by atoms with E-state index < -0.39 is 10.0 Å². The van der Waals surface area contributed by atoms with Crippen LogP contribution in [-0.2, 0) is 16.6 Å². The Balaban J connectivity index is 1.94. The van der Waals surface area contributed by atoms with Crippen molar-refractivity contribution in [2.45, 2.75) is 45.2 Å². The number of sulfonamides is 1. The van der Waals surface area contributed by atoms with Gasteiger partial charge in [-0.1, -0.05) is 12.1 Å². The second-order valence-electron chi connectivity index (χ2n) is 6.77. The molecule has 1 amide bonds. The summed E-state index contributed by atoms with van der Waals surface area (Å²) in [6.45, 7) is 8.85. The fourth-order valence-corrected chi connectivity index (χ4v) is 4.16. The van der Waals surface area contributed by atoms with E-state index in [-0.39, 0.29) is 16.8 Å². The monoisotopic (exact) mass is 361 g/mol. The highest BCUT2D eigenvalue weighted by Crippen LogP contribution is 2.25. The number of anilines is 1. The lowest BCUT2D eigenvalue weighted by Crippen LogP contribution is -2.43. The molecule has 0 aliphatic carbocycles. The quantitative estimate of drug-likeness (QED) is 0.910. The first kappa shape index (κ1) is 17.5. The Morgan fingerprint density at radius 3 is 2.52 bits per heavy atom. The Kier molecular flexibility index (Phi) is 4.36. The van der Waals surface area contributed by atoms with Crippen molar-refractivity contribution in [2.24, 2.45) is 0 Å². The maximum Gasteiger partial charge on any atom is 0.270 e. The molecule has 0 spiro atoms. The number of hydrogen-bond donors (Lipinski definition) is 1. The van der Waals surface area contributed by atoms with E-state index in [0.717, 1.165) is 11.1 Å². The minimum absolute atomic E-state index is 0.0873. The molecule has 0 fully saturated rings. The van der Waals surface area contributed by atoms with Gasteiger partial charge in [0.15, 0.2) is 0 Å². The highest BCUT2D eigenvalue weighted by Gasteiger charge is 2.29. The molecule has 6 nitrogen and oxygen atoms in total. The molecular formula is C18H23N3O3S. The topological polar surface area (TPSA) is 71.4 Å². The zero-order valence-electron chi connectivity index (χ0n) is 14.9. The van der Waals surface area contributed by atoms with E-state index in [1.807, 2.05) is 39.8 Å². The zero-order chi connectivity index (χ0) is 18.4. The molecule has 0 saturated heterocycles. The van der Waals surface area contributed by atoms with Crippen molar-refractivity contribution < 1.29 is 13.2 Å². The molecule has 2 heterocycles. The van der Waals surface area contributed by atoms with Gasteiger partial charge in [-0.2, -0.15) is 0 Å². The number of nitrogens with one attached hydrogen (secondary N) is 1. The van der Waals surface area contributed by atoms with Crippen LogP contribution in [-0.4, -0.2) is 36.4 Å². The Hall–Kier alpha value is -2.28. The Morgan fingerprint density at radius 1 is 1.12 bits per heavy atom. The summed E-state index contributed by atoms with van der Waals surface area (Å²) in [5.41, 5.74) is 2.79. The summed E-state index contributed by atoms with van der Waals surface area (Å²) in [6, 6.07) is 7.16. The number of fused-ring (bicyclic) bond motifs is 1. The summed E-state index contributed by atoms with van der Waals surface area (Å²) in [4.78, 5) is 14.4. The predicted octanol–water partition coefficient (Wildman–Crippen LogP) is 2.77. The summed E-state index contributed by atoms with van der Waals surface area (Å²) in [6.07, 6.45) is 1.54. The van der Waals surface area contributed by atoms with E-state index in [1.54, 1.807) is 21.7 Å². The van der Waals surface area contributed by atoms with Gasteiger partial charge in [0.2, 0.25) is 0 Å². The van der Waals surface area contributed by atoms with Crippen LogP contribution in [0.3, 0.4) is 0 Å². The molecule has 0 bridgehead atoms. The lowest BCUT2D eigenvalue weighted by atomic mass is 10.1. The molecule has 0 unspecified atom stereocenters. The Labute approximate surface area is 148 Å². The Morgan fingerprint density at radius 2 is 1.84 bits per heavy atom. The van der Waals surface area contributed by atoms with Crippen LogP contribution >= 0.6 is 0 Å². The first-order chi connectivity index (χ1) is 11.7. The maximum absolute atomic E-state index is 12.8. The van der Waals surface area contributed by atoms with E-state index in [0.29, 0.717) is 24.5 Å². The number of aryl methyl sites for hydroxylation is 2. The summed E-state index contributed by atoms with van der Waals surface area (Å²) in [5, 5.41) is 0. The largest absolute Gasteiger partial charge is 0.340 e. The molecular weight excluding hydrogens is 338 g/mol. The number of carbonyl (C=O) groups is 1. The summed E-state index contributed by atoms with van der Waals surface area (Å²) < 4.78 is 29.9. The van der Waals surface area contributed by atoms with E-state index in [4.69, 9.17) is 0 Å².